The molecule has 0 saturated carbocycles. The second kappa shape index (κ2) is 5.88. The van der Waals surface area contributed by atoms with E-state index in [1.807, 2.05) is 13.8 Å². The van der Waals surface area contributed by atoms with Crippen molar-refractivity contribution in [3.8, 4) is 0 Å². The first-order valence-corrected chi connectivity index (χ1v) is 6.04. The number of hydrogen-bond donors (Lipinski definition) is 1. The number of non-ortho nitro benzene ring substituents is 1. The Morgan fingerprint density at radius 3 is 2.53 bits per heavy atom. The lowest BCUT2D eigenvalue weighted by Gasteiger charge is -2.24. The van der Waals surface area contributed by atoms with Crippen molar-refractivity contribution >= 4 is 28.9 Å². The molecule has 0 aromatic heterocycles. The molecule has 1 aromatic rings. The molecule has 0 bridgehead atoms. The van der Waals surface area contributed by atoms with Gasteiger partial charge < -0.3 is 10.0 Å². The summed E-state index contributed by atoms with van der Waals surface area (Å²) in [4.78, 5) is 23.0. The average Bonchev–Trinajstić information content (AvgIpc) is 2.26. The van der Waals surface area contributed by atoms with Crippen molar-refractivity contribution in [2.45, 2.75) is 13.8 Å². The number of hydrogen-bond acceptors (Lipinski definition) is 4. The number of carboxylic acid groups (broad SMARTS) is 1. The molecule has 0 aliphatic rings. The molecule has 0 aliphatic carbocycles. The number of rotatable bonds is 5. The summed E-state index contributed by atoms with van der Waals surface area (Å²) in [6.45, 7) is 4.56. The Kier molecular flexibility index (Phi) is 4.72. The zero-order valence-electron chi connectivity index (χ0n) is 10.9. The maximum atomic E-state index is 11.2. The lowest BCUT2D eigenvalue weighted by atomic mass is 10.1. The number of nitro benzene ring substituents is 1. The van der Waals surface area contributed by atoms with Crippen LogP contribution in [-0.2, 0) is 0 Å². The molecule has 19 heavy (non-hydrogen) atoms. The van der Waals surface area contributed by atoms with E-state index >= 15 is 0 Å². The van der Waals surface area contributed by atoms with Gasteiger partial charge in [0.1, 0.15) is 0 Å². The maximum Gasteiger partial charge on any atom is 0.338 e. The molecule has 0 atom stereocenters. The highest BCUT2D eigenvalue weighted by Gasteiger charge is 2.22. The monoisotopic (exact) mass is 286 g/mol. The van der Waals surface area contributed by atoms with Crippen molar-refractivity contribution in [2.24, 2.45) is 5.92 Å². The van der Waals surface area contributed by atoms with Gasteiger partial charge in [0.25, 0.3) is 5.69 Å². The first kappa shape index (κ1) is 15.2. The molecule has 0 heterocycles. The molecule has 1 rings (SSSR count). The van der Waals surface area contributed by atoms with Gasteiger partial charge in [-0.25, -0.2) is 4.79 Å². The quantitative estimate of drug-likeness (QED) is 0.664. The summed E-state index contributed by atoms with van der Waals surface area (Å²) in [6, 6.07) is 2.19. The highest BCUT2D eigenvalue weighted by atomic mass is 35.5. The van der Waals surface area contributed by atoms with Gasteiger partial charge in [-0.05, 0) is 5.92 Å². The molecule has 0 aliphatic heterocycles. The van der Waals surface area contributed by atoms with Crippen LogP contribution >= 0.6 is 11.6 Å². The van der Waals surface area contributed by atoms with Crippen LogP contribution in [0.3, 0.4) is 0 Å². The fourth-order valence-electron chi connectivity index (χ4n) is 1.88. The Morgan fingerprint density at radius 1 is 1.53 bits per heavy atom. The smallest absolute Gasteiger partial charge is 0.338 e. The van der Waals surface area contributed by atoms with Crippen molar-refractivity contribution in [3.05, 3.63) is 32.8 Å². The van der Waals surface area contributed by atoms with Crippen molar-refractivity contribution in [3.63, 3.8) is 0 Å². The van der Waals surface area contributed by atoms with E-state index in [0.717, 1.165) is 6.07 Å². The first-order valence-electron chi connectivity index (χ1n) is 5.66. The molecular weight excluding hydrogens is 272 g/mol. The molecule has 104 valence electrons. The lowest BCUT2D eigenvalue weighted by molar-refractivity contribution is -0.384. The predicted molar refractivity (Wildman–Crippen MR) is 73.2 cm³/mol. The minimum absolute atomic E-state index is 0.0646. The summed E-state index contributed by atoms with van der Waals surface area (Å²) >= 11 is 5.99. The van der Waals surface area contributed by atoms with E-state index in [1.54, 1.807) is 11.9 Å². The van der Waals surface area contributed by atoms with Crippen LogP contribution in [0.2, 0.25) is 5.02 Å². The summed E-state index contributed by atoms with van der Waals surface area (Å²) < 4.78 is 0. The second-order valence-corrected chi connectivity index (χ2v) is 5.07. The summed E-state index contributed by atoms with van der Waals surface area (Å²) in [5.74, 6) is -0.936. The SMILES string of the molecule is CC(C)CN(C)c1c(Cl)cc([N+](=O)[O-])cc1C(=O)O. The zero-order valence-corrected chi connectivity index (χ0v) is 11.6. The van der Waals surface area contributed by atoms with Crippen LogP contribution in [0.5, 0.6) is 0 Å². The number of anilines is 1. The first-order chi connectivity index (χ1) is 8.73. The van der Waals surface area contributed by atoms with Gasteiger partial charge in [0, 0.05) is 25.7 Å². The number of nitro groups is 1. The normalized spacial score (nSPS) is 10.6. The predicted octanol–water partition coefficient (Wildman–Crippen LogP) is 3.04. The van der Waals surface area contributed by atoms with Gasteiger partial charge in [0.2, 0.25) is 0 Å². The molecule has 0 radical (unpaired) electrons. The Balaban J connectivity index is 3.37. The Labute approximate surface area is 115 Å². The lowest BCUT2D eigenvalue weighted by Crippen LogP contribution is -2.25. The number of carbonyl (C=O) groups is 1. The molecule has 1 aromatic carbocycles. The summed E-state index contributed by atoms with van der Waals surface area (Å²) in [5.41, 5.74) is -0.195. The van der Waals surface area contributed by atoms with Crippen LogP contribution in [-0.4, -0.2) is 29.6 Å². The molecule has 0 saturated heterocycles. The maximum absolute atomic E-state index is 11.2. The number of benzene rings is 1. The summed E-state index contributed by atoms with van der Waals surface area (Å²) in [6.07, 6.45) is 0. The van der Waals surface area contributed by atoms with E-state index in [2.05, 4.69) is 0 Å². The van der Waals surface area contributed by atoms with Crippen molar-refractivity contribution in [2.75, 3.05) is 18.5 Å². The Bertz CT molecular complexity index is 517. The fourth-order valence-corrected chi connectivity index (χ4v) is 2.24. The van der Waals surface area contributed by atoms with Gasteiger partial charge in [0.15, 0.2) is 0 Å². The number of nitrogens with zero attached hydrogens (tertiary/aromatic N) is 2. The minimum Gasteiger partial charge on any atom is -0.478 e. The molecular formula is C12H15ClN2O4. The highest BCUT2D eigenvalue weighted by Crippen LogP contribution is 2.34. The molecule has 0 unspecified atom stereocenters. The van der Waals surface area contributed by atoms with Crippen molar-refractivity contribution in [1.82, 2.24) is 0 Å². The van der Waals surface area contributed by atoms with E-state index < -0.39 is 10.9 Å². The highest BCUT2D eigenvalue weighted by molar-refractivity contribution is 6.34. The van der Waals surface area contributed by atoms with E-state index in [0.29, 0.717) is 18.2 Å². The fraction of sp³-hybridized carbons (Fsp3) is 0.417. The summed E-state index contributed by atoms with van der Waals surface area (Å²) in [7, 11) is 1.71. The number of carboxylic acids is 1. The van der Waals surface area contributed by atoms with Gasteiger partial charge in [-0.15, -0.1) is 0 Å². The number of aromatic carboxylic acids is 1. The van der Waals surface area contributed by atoms with Gasteiger partial charge in [-0.2, -0.15) is 0 Å². The van der Waals surface area contributed by atoms with Crippen LogP contribution in [0, 0.1) is 16.0 Å². The Hall–Kier alpha value is -1.82. The second-order valence-electron chi connectivity index (χ2n) is 4.66. The topological polar surface area (TPSA) is 83.7 Å². The van der Waals surface area contributed by atoms with Crippen LogP contribution in [0.1, 0.15) is 24.2 Å². The largest absolute Gasteiger partial charge is 0.478 e. The van der Waals surface area contributed by atoms with E-state index in [-0.39, 0.29) is 16.3 Å². The van der Waals surface area contributed by atoms with Gasteiger partial charge >= 0.3 is 5.97 Å². The number of halogens is 1. The van der Waals surface area contributed by atoms with Crippen molar-refractivity contribution in [1.29, 1.82) is 0 Å². The van der Waals surface area contributed by atoms with Crippen molar-refractivity contribution < 1.29 is 14.8 Å². The van der Waals surface area contributed by atoms with E-state index in [4.69, 9.17) is 11.6 Å². The van der Waals surface area contributed by atoms with Crippen LogP contribution in [0.25, 0.3) is 0 Å². The average molecular weight is 287 g/mol. The molecule has 0 fully saturated rings. The van der Waals surface area contributed by atoms with E-state index in [9.17, 15) is 20.0 Å². The third-order valence-electron chi connectivity index (χ3n) is 2.51. The van der Waals surface area contributed by atoms with Crippen LogP contribution < -0.4 is 4.90 Å². The van der Waals surface area contributed by atoms with E-state index in [1.165, 1.54) is 6.07 Å². The molecule has 0 amide bonds. The van der Waals surface area contributed by atoms with Gasteiger partial charge in [0.05, 0.1) is 21.2 Å². The molecule has 6 nitrogen and oxygen atoms in total. The van der Waals surface area contributed by atoms with Gasteiger partial charge in [-0.3, -0.25) is 10.1 Å². The minimum atomic E-state index is -1.24. The summed E-state index contributed by atoms with van der Waals surface area (Å²) in [5, 5.41) is 20.0. The molecule has 1 N–H and O–H groups in total. The molecule has 7 heteroatoms. The van der Waals surface area contributed by atoms with Gasteiger partial charge in [-0.1, -0.05) is 25.4 Å². The molecule has 0 spiro atoms. The van der Waals surface area contributed by atoms with Crippen LogP contribution in [0.15, 0.2) is 12.1 Å². The zero-order chi connectivity index (χ0) is 14.7. The Morgan fingerprint density at radius 2 is 2.11 bits per heavy atom. The third kappa shape index (κ3) is 3.57. The third-order valence-corrected chi connectivity index (χ3v) is 2.80. The van der Waals surface area contributed by atoms with Crippen LogP contribution in [0.4, 0.5) is 11.4 Å². The standard InChI is InChI=1S/C12H15ClN2O4/c1-7(2)6-14(3)11-9(12(16)17)4-8(15(18)19)5-10(11)13/h4-5,7H,6H2,1-3H3,(H,16,17).